The average Bonchev–Trinajstić information content (AvgIpc) is 3.21. The van der Waals surface area contributed by atoms with E-state index in [0.29, 0.717) is 11.8 Å². The molecule has 2 heterocycles. The number of furan rings is 1. The molecule has 1 aromatic carbocycles. The first-order chi connectivity index (χ1) is 13.5. The van der Waals surface area contributed by atoms with Gasteiger partial charge in [-0.15, -0.1) is 0 Å². The average molecular weight is 380 g/mol. The van der Waals surface area contributed by atoms with Crippen LogP contribution in [0.2, 0.25) is 0 Å². The Morgan fingerprint density at radius 3 is 2.61 bits per heavy atom. The molecule has 1 saturated carbocycles. The zero-order chi connectivity index (χ0) is 19.7. The number of nitrogens with zero attached hydrogens (tertiary/aromatic N) is 2. The SMILES string of the molecule is Cc1cc(NC(=O)/C=C/c2ccc(C3CC3C)o2)ccc1N1CCN(C)CC1. The van der Waals surface area contributed by atoms with Gasteiger partial charge in [0, 0.05) is 49.5 Å². The van der Waals surface area contributed by atoms with Crippen molar-refractivity contribution in [3.05, 3.63) is 53.5 Å². The number of hydrogen-bond donors (Lipinski definition) is 1. The Kier molecular flexibility index (Phi) is 5.27. The van der Waals surface area contributed by atoms with Gasteiger partial charge in [0.2, 0.25) is 5.91 Å². The molecule has 1 saturated heterocycles. The third-order valence-electron chi connectivity index (χ3n) is 5.83. The first-order valence-corrected chi connectivity index (χ1v) is 10.1. The van der Waals surface area contributed by atoms with Crippen LogP contribution in [0.4, 0.5) is 11.4 Å². The molecule has 1 aliphatic carbocycles. The van der Waals surface area contributed by atoms with Crippen LogP contribution >= 0.6 is 0 Å². The van der Waals surface area contributed by atoms with Crippen molar-refractivity contribution in [1.29, 1.82) is 0 Å². The zero-order valence-corrected chi connectivity index (χ0v) is 16.9. The maximum Gasteiger partial charge on any atom is 0.248 e. The molecule has 2 unspecified atom stereocenters. The molecule has 5 nitrogen and oxygen atoms in total. The maximum absolute atomic E-state index is 12.3. The van der Waals surface area contributed by atoms with Gasteiger partial charge in [-0.3, -0.25) is 4.79 Å². The number of hydrogen-bond acceptors (Lipinski definition) is 4. The molecule has 4 rings (SSSR count). The summed E-state index contributed by atoms with van der Waals surface area (Å²) in [7, 11) is 2.16. The van der Waals surface area contributed by atoms with Crippen LogP contribution in [0.15, 0.2) is 40.8 Å². The lowest BCUT2D eigenvalue weighted by Gasteiger charge is -2.35. The van der Waals surface area contributed by atoms with E-state index in [9.17, 15) is 4.79 Å². The number of likely N-dealkylation sites (N-methyl/N-ethyl adjacent to an activating group) is 1. The highest BCUT2D eigenvalue weighted by Crippen LogP contribution is 2.47. The minimum atomic E-state index is -0.149. The molecule has 2 fully saturated rings. The minimum Gasteiger partial charge on any atom is -0.461 e. The summed E-state index contributed by atoms with van der Waals surface area (Å²) in [6, 6.07) is 10.1. The molecule has 1 N–H and O–H groups in total. The number of carbonyl (C=O) groups excluding carboxylic acids is 1. The number of aryl methyl sites for hydroxylation is 1. The summed E-state index contributed by atoms with van der Waals surface area (Å²) in [5.41, 5.74) is 3.25. The number of anilines is 2. The summed E-state index contributed by atoms with van der Waals surface area (Å²) in [6.45, 7) is 8.57. The Morgan fingerprint density at radius 2 is 1.93 bits per heavy atom. The molecule has 1 amide bonds. The Hall–Kier alpha value is -2.53. The monoisotopic (exact) mass is 379 g/mol. The molecule has 0 bridgehead atoms. The first kappa shape index (κ1) is 18.8. The highest BCUT2D eigenvalue weighted by Gasteiger charge is 2.36. The molecule has 2 aromatic rings. The molecule has 148 valence electrons. The second-order valence-corrected chi connectivity index (χ2v) is 8.17. The van der Waals surface area contributed by atoms with E-state index in [1.807, 2.05) is 24.3 Å². The van der Waals surface area contributed by atoms with Crippen molar-refractivity contribution in [2.75, 3.05) is 43.4 Å². The van der Waals surface area contributed by atoms with E-state index >= 15 is 0 Å². The third kappa shape index (κ3) is 4.30. The molecule has 2 atom stereocenters. The smallest absolute Gasteiger partial charge is 0.248 e. The number of amides is 1. The van der Waals surface area contributed by atoms with Gasteiger partial charge in [0.15, 0.2) is 0 Å². The largest absolute Gasteiger partial charge is 0.461 e. The van der Waals surface area contributed by atoms with Gasteiger partial charge in [-0.25, -0.2) is 0 Å². The number of rotatable bonds is 5. The summed E-state index contributed by atoms with van der Waals surface area (Å²) < 4.78 is 5.81. The van der Waals surface area contributed by atoms with E-state index in [2.05, 4.69) is 42.1 Å². The number of nitrogens with one attached hydrogen (secondary N) is 1. The fourth-order valence-corrected chi connectivity index (χ4v) is 3.85. The molecule has 5 heteroatoms. The topological polar surface area (TPSA) is 48.7 Å². The van der Waals surface area contributed by atoms with Gasteiger partial charge in [-0.2, -0.15) is 0 Å². The van der Waals surface area contributed by atoms with E-state index < -0.39 is 0 Å². The van der Waals surface area contributed by atoms with Gasteiger partial charge in [-0.05, 0) is 68.3 Å². The van der Waals surface area contributed by atoms with Gasteiger partial charge in [0.25, 0.3) is 0 Å². The van der Waals surface area contributed by atoms with Gasteiger partial charge >= 0.3 is 0 Å². The fraction of sp³-hybridized carbons (Fsp3) is 0.435. The maximum atomic E-state index is 12.3. The molecule has 2 aliphatic rings. The molecule has 1 aromatic heterocycles. The van der Waals surface area contributed by atoms with E-state index in [1.165, 1.54) is 23.7 Å². The van der Waals surface area contributed by atoms with Crippen LogP contribution in [-0.2, 0) is 4.79 Å². The Morgan fingerprint density at radius 1 is 1.18 bits per heavy atom. The zero-order valence-electron chi connectivity index (χ0n) is 16.9. The number of carbonyl (C=O) groups is 1. The number of piperazine rings is 1. The molecule has 1 aliphatic heterocycles. The van der Waals surface area contributed by atoms with E-state index in [1.54, 1.807) is 6.08 Å². The fourth-order valence-electron chi connectivity index (χ4n) is 3.85. The summed E-state index contributed by atoms with van der Waals surface area (Å²) in [5.74, 6) is 2.87. The lowest BCUT2D eigenvalue weighted by molar-refractivity contribution is -0.111. The third-order valence-corrected chi connectivity index (χ3v) is 5.83. The summed E-state index contributed by atoms with van der Waals surface area (Å²) in [6.07, 6.45) is 4.46. The van der Waals surface area contributed by atoms with Crippen molar-refractivity contribution in [2.45, 2.75) is 26.2 Å². The van der Waals surface area contributed by atoms with E-state index in [-0.39, 0.29) is 5.91 Å². The van der Waals surface area contributed by atoms with Crippen molar-refractivity contribution in [3.8, 4) is 0 Å². The first-order valence-electron chi connectivity index (χ1n) is 10.1. The lowest BCUT2D eigenvalue weighted by Crippen LogP contribution is -2.44. The second-order valence-electron chi connectivity index (χ2n) is 8.17. The van der Waals surface area contributed by atoms with Crippen molar-refractivity contribution in [2.24, 2.45) is 5.92 Å². The molecule has 0 spiro atoms. The lowest BCUT2D eigenvalue weighted by atomic mass is 10.1. The van der Waals surface area contributed by atoms with E-state index in [0.717, 1.165) is 43.4 Å². The minimum absolute atomic E-state index is 0.149. The highest BCUT2D eigenvalue weighted by molar-refractivity contribution is 6.01. The summed E-state index contributed by atoms with van der Waals surface area (Å²) >= 11 is 0. The van der Waals surface area contributed by atoms with Gasteiger partial charge in [0.1, 0.15) is 11.5 Å². The van der Waals surface area contributed by atoms with Crippen LogP contribution in [0, 0.1) is 12.8 Å². The van der Waals surface area contributed by atoms with Gasteiger partial charge < -0.3 is 19.5 Å². The molecule has 0 radical (unpaired) electrons. The van der Waals surface area contributed by atoms with Crippen LogP contribution < -0.4 is 10.2 Å². The Bertz CT molecular complexity index is 878. The Labute approximate surface area is 167 Å². The quantitative estimate of drug-likeness (QED) is 0.794. The van der Waals surface area contributed by atoms with Crippen LogP contribution in [0.25, 0.3) is 6.08 Å². The van der Waals surface area contributed by atoms with Crippen LogP contribution in [-0.4, -0.2) is 44.0 Å². The van der Waals surface area contributed by atoms with Crippen LogP contribution in [0.5, 0.6) is 0 Å². The van der Waals surface area contributed by atoms with Crippen molar-refractivity contribution >= 4 is 23.4 Å². The predicted octanol–water partition coefficient (Wildman–Crippen LogP) is 4.12. The molecular formula is C23H29N3O2. The molecule has 28 heavy (non-hydrogen) atoms. The van der Waals surface area contributed by atoms with Crippen molar-refractivity contribution in [3.63, 3.8) is 0 Å². The van der Waals surface area contributed by atoms with Gasteiger partial charge in [-0.1, -0.05) is 6.92 Å². The summed E-state index contributed by atoms with van der Waals surface area (Å²) in [5, 5.41) is 2.95. The summed E-state index contributed by atoms with van der Waals surface area (Å²) in [4.78, 5) is 17.0. The number of benzene rings is 1. The van der Waals surface area contributed by atoms with Crippen LogP contribution in [0.1, 0.15) is 36.3 Å². The van der Waals surface area contributed by atoms with Crippen molar-refractivity contribution < 1.29 is 9.21 Å². The molecular weight excluding hydrogens is 350 g/mol. The second kappa shape index (κ2) is 7.84. The van der Waals surface area contributed by atoms with Crippen LogP contribution in [0.3, 0.4) is 0 Å². The van der Waals surface area contributed by atoms with Crippen molar-refractivity contribution in [1.82, 2.24) is 4.90 Å². The van der Waals surface area contributed by atoms with Gasteiger partial charge in [0.05, 0.1) is 0 Å². The highest BCUT2D eigenvalue weighted by atomic mass is 16.3. The standard InChI is InChI=1S/C23H29N3O2/c1-16-15-20(16)22-8-5-19(28-22)6-9-23(27)24-18-4-7-21(17(2)14-18)26-12-10-25(3)11-13-26/h4-9,14,16,20H,10-13,15H2,1-3H3,(H,24,27)/b9-6+. The normalized spacial score (nSPS) is 22.6. The predicted molar refractivity (Wildman–Crippen MR) is 114 cm³/mol. The van der Waals surface area contributed by atoms with E-state index in [4.69, 9.17) is 4.42 Å². The Balaban J connectivity index is 1.35.